The number of rotatable bonds is 14. The van der Waals surface area contributed by atoms with Crippen molar-refractivity contribution >= 4 is 171 Å². The molecule has 2 aliphatic heterocycles. The van der Waals surface area contributed by atoms with Gasteiger partial charge < -0.3 is 38.6 Å². The van der Waals surface area contributed by atoms with Gasteiger partial charge >= 0.3 is 23.9 Å². The number of carbonyl (C=O) groups excluding carboxylic acids is 2. The lowest BCUT2D eigenvalue weighted by atomic mass is 10.1. The average molecular weight is 1660 g/mol. The summed E-state index contributed by atoms with van der Waals surface area (Å²) in [5.74, 6) is -0.247. The Kier molecular flexibility index (Phi) is 24.7. The van der Waals surface area contributed by atoms with Gasteiger partial charge in [0.15, 0.2) is 23.0 Å². The lowest BCUT2D eigenvalue weighted by Gasteiger charge is -2.19. The third kappa shape index (κ3) is 17.5. The molecule has 4 aromatic heterocycles. The zero-order chi connectivity index (χ0) is 70.7. The van der Waals surface area contributed by atoms with E-state index in [4.69, 9.17) is 98.0 Å². The predicted molar refractivity (Wildman–Crippen MR) is 405 cm³/mol. The largest absolute Gasteiger partial charge is 0.486 e. The fourth-order valence-electron chi connectivity index (χ4n) is 9.77. The van der Waals surface area contributed by atoms with Gasteiger partial charge in [-0.3, -0.25) is 0 Å². The molecule has 100 heavy (non-hydrogen) atoms. The zero-order valence-electron chi connectivity index (χ0n) is 51.8. The minimum atomic E-state index is -1.08. The molecule has 2 N–H and O–H groups in total. The molecule has 0 radical (unpaired) electrons. The molecular formula is C72H48Br2Cl6N4O12S4. The minimum Gasteiger partial charge on any atom is -0.486 e. The summed E-state index contributed by atoms with van der Waals surface area (Å²) in [6.07, 6.45) is 0. The summed E-state index contributed by atoms with van der Waals surface area (Å²) in [6.45, 7) is 6.24. The van der Waals surface area contributed by atoms with Crippen LogP contribution in [0.25, 0.3) is 86.8 Å². The van der Waals surface area contributed by atoms with E-state index in [1.807, 2.05) is 97.1 Å². The van der Waals surface area contributed by atoms with E-state index in [1.54, 1.807) is 86.6 Å². The number of aromatic carboxylic acids is 2. The molecule has 14 rings (SSSR count). The third-order valence-corrected chi connectivity index (χ3v) is 21.4. The molecule has 12 aromatic rings. The monoisotopic (exact) mass is 1660 g/mol. The maximum absolute atomic E-state index is 12.3. The second-order valence-corrected chi connectivity index (χ2v) is 29.0. The Labute approximate surface area is 634 Å². The number of ether oxygens (including phenoxy) is 6. The molecule has 28 heteroatoms. The van der Waals surface area contributed by atoms with Crippen LogP contribution in [0.3, 0.4) is 0 Å². The number of carbonyl (C=O) groups is 4. The van der Waals surface area contributed by atoms with Crippen molar-refractivity contribution in [1.29, 1.82) is 0 Å². The minimum absolute atomic E-state index is 0.00373. The molecule has 0 atom stereocenters. The van der Waals surface area contributed by atoms with Crippen molar-refractivity contribution in [3.8, 4) is 110 Å². The van der Waals surface area contributed by atoms with Gasteiger partial charge in [0, 0.05) is 62.4 Å². The Bertz CT molecular complexity index is 4700. The molecule has 0 fully saturated rings. The van der Waals surface area contributed by atoms with E-state index in [0.29, 0.717) is 141 Å². The number of halogens is 8. The molecule has 0 unspecified atom stereocenters. The lowest BCUT2D eigenvalue weighted by Crippen LogP contribution is -2.15. The molecule has 6 heterocycles. The summed E-state index contributed by atoms with van der Waals surface area (Å²) in [7, 11) is 0. The second kappa shape index (κ2) is 33.7. The summed E-state index contributed by atoms with van der Waals surface area (Å²) in [6, 6.07) is 51.5. The SMILES string of the molecule is CCOC(=O)c1nc(-c2cc3c(cc2Br)OCCO3)c(-c2ccccc2)s1.CCOC(=O)c1nc(-c2ccccc2)c(-c2cc3c(cc2Br)OCCO3)s1.O=C(O)c1nc(-c2ccc(Cl)cc2)c(-c2ccc(Cl)cc2Cl)s1.O=C(O)c1nc(-c2ccc(Cl)cc2Cl)c(-c2ccc(Cl)cc2)s1. The van der Waals surface area contributed by atoms with Crippen molar-refractivity contribution in [2.45, 2.75) is 13.8 Å². The topological polar surface area (TPSA) is 216 Å². The van der Waals surface area contributed by atoms with Crippen LogP contribution in [-0.4, -0.2) is 93.7 Å². The van der Waals surface area contributed by atoms with Gasteiger partial charge in [0.2, 0.25) is 20.0 Å². The summed E-state index contributed by atoms with van der Waals surface area (Å²) in [5.41, 5.74) is 9.05. The predicted octanol–water partition coefficient (Wildman–Crippen LogP) is 22.6. The second-order valence-electron chi connectivity index (χ2n) is 20.8. The molecule has 508 valence electrons. The highest BCUT2D eigenvalue weighted by atomic mass is 79.9. The van der Waals surface area contributed by atoms with Gasteiger partial charge in [-0.2, -0.15) is 0 Å². The van der Waals surface area contributed by atoms with Gasteiger partial charge in [0.25, 0.3) is 0 Å². The summed E-state index contributed by atoms with van der Waals surface area (Å²) in [5, 5.41) is 22.2. The van der Waals surface area contributed by atoms with E-state index in [9.17, 15) is 29.4 Å². The molecule has 0 bridgehead atoms. The molecule has 8 aromatic carbocycles. The smallest absolute Gasteiger partial charge is 0.367 e. The molecule has 0 spiro atoms. The van der Waals surface area contributed by atoms with Crippen molar-refractivity contribution < 1.29 is 57.8 Å². The number of carboxylic acid groups (broad SMARTS) is 2. The summed E-state index contributed by atoms with van der Waals surface area (Å²) >= 11 is 48.2. The van der Waals surface area contributed by atoms with Crippen LogP contribution >= 0.6 is 147 Å². The zero-order valence-corrected chi connectivity index (χ0v) is 62.8. The van der Waals surface area contributed by atoms with E-state index in [1.165, 1.54) is 22.7 Å². The Morgan fingerprint density at radius 1 is 0.390 bits per heavy atom. The van der Waals surface area contributed by atoms with E-state index < -0.39 is 23.9 Å². The standard InChI is InChI=1S/2C20H16BrNO4S.2C16H8Cl3NO2S/c1-2-24-20(23)19-22-17(18(27-19)12-6-4-3-5-7-12)13-10-15-16(11-14(13)21)26-9-8-25-15;1-2-24-20(23)19-22-17(12-6-4-3-5-7-12)18(27-19)13-10-15-16(11-14(13)21)26-9-8-25-15;17-9-3-1-8(2-4-9)14-13(20-15(23-14)16(21)22)11-6-5-10(18)7-12(11)19;17-9-3-1-8(2-4-9)13-14(23-15(20-13)16(21)22)11-6-5-10(18)7-12(11)19/h2*3-7,10-11H,2,8-9H2,1H3;2*1-7H,(H,21,22). The van der Waals surface area contributed by atoms with Crippen molar-refractivity contribution in [1.82, 2.24) is 19.9 Å². The van der Waals surface area contributed by atoms with E-state index in [2.05, 4.69) is 51.8 Å². The number of thiazole rings is 4. The van der Waals surface area contributed by atoms with Crippen LogP contribution in [-0.2, 0) is 9.47 Å². The van der Waals surface area contributed by atoms with Crippen molar-refractivity contribution in [2.75, 3.05) is 39.6 Å². The van der Waals surface area contributed by atoms with E-state index >= 15 is 0 Å². The maximum atomic E-state index is 12.3. The Morgan fingerprint density at radius 2 is 0.730 bits per heavy atom. The van der Waals surface area contributed by atoms with Crippen LogP contribution in [0.4, 0.5) is 0 Å². The maximum Gasteiger partial charge on any atom is 0.367 e. The number of hydrogen-bond acceptors (Lipinski definition) is 18. The quantitative estimate of drug-likeness (QED) is 0.0968. The van der Waals surface area contributed by atoms with Gasteiger partial charge in [-0.25, -0.2) is 39.1 Å². The van der Waals surface area contributed by atoms with Crippen LogP contribution in [0, 0.1) is 0 Å². The Balaban J connectivity index is 0.000000135. The molecule has 0 saturated carbocycles. The highest BCUT2D eigenvalue weighted by molar-refractivity contribution is 9.11. The van der Waals surface area contributed by atoms with E-state index in [0.717, 1.165) is 80.4 Å². The van der Waals surface area contributed by atoms with Crippen molar-refractivity contribution in [3.63, 3.8) is 0 Å². The van der Waals surface area contributed by atoms with Crippen LogP contribution in [0.5, 0.6) is 23.0 Å². The summed E-state index contributed by atoms with van der Waals surface area (Å²) in [4.78, 5) is 67.9. The number of hydrogen-bond donors (Lipinski definition) is 2. The van der Waals surface area contributed by atoms with Gasteiger partial charge in [0.1, 0.15) is 26.4 Å². The van der Waals surface area contributed by atoms with Gasteiger partial charge in [-0.15, -0.1) is 45.3 Å². The number of benzene rings is 8. The van der Waals surface area contributed by atoms with Gasteiger partial charge in [0.05, 0.1) is 65.5 Å². The van der Waals surface area contributed by atoms with Gasteiger partial charge in [-0.1, -0.05) is 161 Å². The molecule has 0 amide bonds. The average Bonchev–Trinajstić information content (AvgIpc) is 1.56. The van der Waals surface area contributed by atoms with Crippen LogP contribution < -0.4 is 18.9 Å². The first-order chi connectivity index (χ1) is 48.2. The van der Waals surface area contributed by atoms with Gasteiger partial charge in [-0.05, 0) is 136 Å². The third-order valence-electron chi connectivity index (χ3n) is 14.2. The van der Waals surface area contributed by atoms with Crippen LogP contribution in [0.1, 0.15) is 53.1 Å². The fourth-order valence-corrected chi connectivity index (χ4v) is 16.1. The first-order valence-electron chi connectivity index (χ1n) is 29.8. The molecule has 2 aliphatic rings. The molecular weight excluding hydrogens is 1610 g/mol. The van der Waals surface area contributed by atoms with Crippen LogP contribution in [0.2, 0.25) is 30.1 Å². The number of nitrogens with zero attached hydrogens (tertiary/aromatic N) is 4. The molecule has 0 aliphatic carbocycles. The highest BCUT2D eigenvalue weighted by Gasteiger charge is 2.28. The van der Waals surface area contributed by atoms with Crippen molar-refractivity contribution in [2.24, 2.45) is 0 Å². The Hall–Kier alpha value is -7.94. The normalized spacial score (nSPS) is 11.8. The first-order valence-corrected chi connectivity index (χ1v) is 36.9. The van der Waals surface area contributed by atoms with E-state index in [-0.39, 0.29) is 10.0 Å². The number of esters is 2. The number of fused-ring (bicyclic) bond motifs is 2. The lowest BCUT2D eigenvalue weighted by molar-refractivity contribution is 0.0516. The van der Waals surface area contributed by atoms with Crippen LogP contribution in [0.15, 0.2) is 179 Å². The molecule has 0 saturated heterocycles. The highest BCUT2D eigenvalue weighted by Crippen LogP contribution is 2.48. The number of aromatic nitrogens is 4. The molecule has 16 nitrogen and oxygen atoms in total. The summed E-state index contributed by atoms with van der Waals surface area (Å²) < 4.78 is 34.7. The van der Waals surface area contributed by atoms with Crippen molar-refractivity contribution in [3.05, 3.63) is 229 Å². The Morgan fingerprint density at radius 3 is 1.21 bits per heavy atom. The fraction of sp³-hybridized carbons (Fsp3) is 0.111. The number of carboxylic acids is 2. The first kappa shape index (κ1) is 73.3.